The van der Waals surface area contributed by atoms with Crippen molar-refractivity contribution >= 4 is 11.7 Å². The van der Waals surface area contributed by atoms with Gasteiger partial charge in [0.1, 0.15) is 11.6 Å². The first-order chi connectivity index (χ1) is 7.52. The smallest absolute Gasteiger partial charge is 0.229 e. The van der Waals surface area contributed by atoms with E-state index in [2.05, 4.69) is 20.6 Å². The van der Waals surface area contributed by atoms with Crippen molar-refractivity contribution < 1.29 is 4.79 Å². The molecule has 1 unspecified atom stereocenters. The van der Waals surface area contributed by atoms with Gasteiger partial charge in [0.2, 0.25) is 5.91 Å². The Kier molecular flexibility index (Phi) is 4.37. The highest BCUT2D eigenvalue weighted by atomic mass is 16.1. The number of carbonyl (C=O) groups is 1. The van der Waals surface area contributed by atoms with Crippen LogP contribution in [0.3, 0.4) is 0 Å². The lowest BCUT2D eigenvalue weighted by molar-refractivity contribution is -0.119. The summed E-state index contributed by atoms with van der Waals surface area (Å²) in [5, 5.41) is 5.74. The Morgan fingerprint density at radius 1 is 1.44 bits per heavy atom. The topological polar surface area (TPSA) is 66.9 Å². The van der Waals surface area contributed by atoms with Crippen LogP contribution in [0.25, 0.3) is 0 Å². The molecular weight excluding hydrogens is 204 g/mol. The van der Waals surface area contributed by atoms with E-state index in [-0.39, 0.29) is 11.8 Å². The molecule has 2 N–H and O–H groups in total. The minimum absolute atomic E-state index is 0.0353. The Morgan fingerprint density at radius 2 is 2.12 bits per heavy atom. The fourth-order valence-corrected chi connectivity index (χ4v) is 1.43. The lowest BCUT2D eigenvalue weighted by atomic mass is 10.1. The molecule has 0 radical (unpaired) electrons. The third-order valence-electron chi connectivity index (χ3n) is 2.18. The third-order valence-corrected chi connectivity index (χ3v) is 2.18. The zero-order valence-electron chi connectivity index (χ0n) is 10.2. The summed E-state index contributed by atoms with van der Waals surface area (Å²) in [6.45, 7) is 6.20. The highest BCUT2D eigenvalue weighted by Gasteiger charge is 2.12. The Bertz CT molecular complexity index is 358. The maximum Gasteiger partial charge on any atom is 0.229 e. The summed E-state index contributed by atoms with van der Waals surface area (Å²) in [6.07, 6.45) is 0. The number of amides is 1. The van der Waals surface area contributed by atoms with E-state index in [0.717, 1.165) is 5.69 Å². The molecule has 1 amide bonds. The van der Waals surface area contributed by atoms with Crippen LogP contribution < -0.4 is 10.6 Å². The van der Waals surface area contributed by atoms with E-state index in [1.165, 1.54) is 0 Å². The molecule has 1 heterocycles. The predicted octanol–water partition coefficient (Wildman–Crippen LogP) is 0.887. The van der Waals surface area contributed by atoms with E-state index < -0.39 is 0 Å². The summed E-state index contributed by atoms with van der Waals surface area (Å²) in [6, 6.07) is 1.76. The van der Waals surface area contributed by atoms with Crippen molar-refractivity contribution in [3.05, 3.63) is 17.6 Å². The number of anilines is 1. The number of hydrogen-bond acceptors (Lipinski definition) is 4. The van der Waals surface area contributed by atoms with Crippen molar-refractivity contribution in [2.24, 2.45) is 5.92 Å². The normalized spacial score (nSPS) is 12.2. The SMILES string of the molecule is CNCC(C)C(=O)Nc1cc(C)nc(C)n1. The van der Waals surface area contributed by atoms with Crippen molar-refractivity contribution in [3.8, 4) is 0 Å². The largest absolute Gasteiger partial charge is 0.319 e. The molecule has 5 heteroatoms. The van der Waals surface area contributed by atoms with Gasteiger partial charge >= 0.3 is 0 Å². The van der Waals surface area contributed by atoms with Gasteiger partial charge in [-0.25, -0.2) is 9.97 Å². The van der Waals surface area contributed by atoms with Crippen LogP contribution in [-0.2, 0) is 4.79 Å². The second-order valence-electron chi connectivity index (χ2n) is 3.89. The molecule has 1 atom stereocenters. The van der Waals surface area contributed by atoms with Crippen LogP contribution in [-0.4, -0.2) is 29.5 Å². The quantitative estimate of drug-likeness (QED) is 0.794. The molecule has 0 fully saturated rings. The highest BCUT2D eigenvalue weighted by molar-refractivity contribution is 5.91. The van der Waals surface area contributed by atoms with Crippen LogP contribution in [0.2, 0.25) is 0 Å². The summed E-state index contributed by atoms with van der Waals surface area (Å²) >= 11 is 0. The molecule has 0 aromatic carbocycles. The number of rotatable bonds is 4. The number of nitrogens with one attached hydrogen (secondary N) is 2. The minimum atomic E-state index is -0.0828. The lowest BCUT2D eigenvalue weighted by Crippen LogP contribution is -2.29. The standard InChI is InChI=1S/C11H18N4O/c1-7(6-12-4)11(16)15-10-5-8(2)13-9(3)14-10/h5,7,12H,6H2,1-4H3,(H,13,14,15,16). The third kappa shape index (κ3) is 3.58. The molecule has 1 rings (SSSR count). The maximum atomic E-state index is 11.7. The molecule has 0 saturated heterocycles. The van der Waals surface area contributed by atoms with Crippen LogP contribution >= 0.6 is 0 Å². The van der Waals surface area contributed by atoms with Crippen LogP contribution in [0.15, 0.2) is 6.07 Å². The summed E-state index contributed by atoms with van der Waals surface area (Å²) in [5.74, 6) is 1.11. The number of carbonyl (C=O) groups excluding carboxylic acids is 1. The Labute approximate surface area is 95.7 Å². The fraction of sp³-hybridized carbons (Fsp3) is 0.545. The number of aromatic nitrogens is 2. The van der Waals surface area contributed by atoms with Crippen molar-refractivity contribution in [2.75, 3.05) is 18.9 Å². The average molecular weight is 222 g/mol. The first kappa shape index (κ1) is 12.6. The monoisotopic (exact) mass is 222 g/mol. The summed E-state index contributed by atoms with van der Waals surface area (Å²) in [7, 11) is 1.82. The van der Waals surface area contributed by atoms with E-state index >= 15 is 0 Å². The second-order valence-corrected chi connectivity index (χ2v) is 3.89. The van der Waals surface area contributed by atoms with Gasteiger partial charge in [0.25, 0.3) is 0 Å². The van der Waals surface area contributed by atoms with E-state index in [1.54, 1.807) is 13.0 Å². The molecule has 0 aliphatic heterocycles. The molecule has 1 aromatic rings. The van der Waals surface area contributed by atoms with Crippen molar-refractivity contribution in [1.82, 2.24) is 15.3 Å². The van der Waals surface area contributed by atoms with Crippen molar-refractivity contribution in [3.63, 3.8) is 0 Å². The summed E-state index contributed by atoms with van der Waals surface area (Å²) in [5.41, 5.74) is 0.851. The molecular formula is C11H18N4O. The molecule has 5 nitrogen and oxygen atoms in total. The maximum absolute atomic E-state index is 11.7. The molecule has 0 saturated carbocycles. The van der Waals surface area contributed by atoms with Crippen LogP contribution in [0.1, 0.15) is 18.4 Å². The molecule has 88 valence electrons. The Balaban J connectivity index is 2.69. The number of aryl methyl sites for hydroxylation is 2. The second kappa shape index (κ2) is 5.55. The molecule has 0 bridgehead atoms. The molecule has 16 heavy (non-hydrogen) atoms. The van der Waals surface area contributed by atoms with Gasteiger partial charge in [0.05, 0.1) is 0 Å². The van der Waals surface area contributed by atoms with E-state index in [0.29, 0.717) is 18.2 Å². The minimum Gasteiger partial charge on any atom is -0.319 e. The molecule has 0 aliphatic carbocycles. The van der Waals surface area contributed by atoms with E-state index in [4.69, 9.17) is 0 Å². The van der Waals surface area contributed by atoms with Crippen LogP contribution in [0.4, 0.5) is 5.82 Å². The zero-order valence-corrected chi connectivity index (χ0v) is 10.2. The van der Waals surface area contributed by atoms with E-state index in [1.807, 2.05) is 20.9 Å². The molecule has 1 aromatic heterocycles. The highest BCUT2D eigenvalue weighted by Crippen LogP contribution is 2.07. The van der Waals surface area contributed by atoms with Crippen LogP contribution in [0.5, 0.6) is 0 Å². The first-order valence-corrected chi connectivity index (χ1v) is 5.30. The Morgan fingerprint density at radius 3 is 2.69 bits per heavy atom. The van der Waals surface area contributed by atoms with Gasteiger partial charge in [0, 0.05) is 24.2 Å². The molecule has 0 spiro atoms. The van der Waals surface area contributed by atoms with E-state index in [9.17, 15) is 4.79 Å². The van der Waals surface area contributed by atoms with Gasteiger partial charge < -0.3 is 10.6 Å². The summed E-state index contributed by atoms with van der Waals surface area (Å²) in [4.78, 5) is 20.0. The number of hydrogen-bond donors (Lipinski definition) is 2. The van der Waals surface area contributed by atoms with Crippen LogP contribution in [0, 0.1) is 19.8 Å². The van der Waals surface area contributed by atoms with Gasteiger partial charge in [-0.05, 0) is 20.9 Å². The van der Waals surface area contributed by atoms with Gasteiger partial charge in [-0.3, -0.25) is 4.79 Å². The van der Waals surface area contributed by atoms with Gasteiger partial charge in [-0.2, -0.15) is 0 Å². The number of nitrogens with zero attached hydrogens (tertiary/aromatic N) is 2. The lowest BCUT2D eigenvalue weighted by Gasteiger charge is -2.11. The fourth-order valence-electron chi connectivity index (χ4n) is 1.43. The van der Waals surface area contributed by atoms with Crippen molar-refractivity contribution in [1.29, 1.82) is 0 Å². The Hall–Kier alpha value is -1.49. The van der Waals surface area contributed by atoms with Gasteiger partial charge in [0.15, 0.2) is 0 Å². The summed E-state index contributed by atoms with van der Waals surface area (Å²) < 4.78 is 0. The molecule has 0 aliphatic rings. The predicted molar refractivity (Wildman–Crippen MR) is 63.2 cm³/mol. The van der Waals surface area contributed by atoms with Gasteiger partial charge in [-0.15, -0.1) is 0 Å². The zero-order chi connectivity index (χ0) is 12.1. The first-order valence-electron chi connectivity index (χ1n) is 5.30. The average Bonchev–Trinajstić information content (AvgIpc) is 2.16. The van der Waals surface area contributed by atoms with Gasteiger partial charge in [-0.1, -0.05) is 6.92 Å². The van der Waals surface area contributed by atoms with Crippen molar-refractivity contribution in [2.45, 2.75) is 20.8 Å².